The average Bonchev–Trinajstić information content (AvgIpc) is 3.49. The largest absolute Gasteiger partial charge is 0.508 e. The van der Waals surface area contributed by atoms with E-state index in [1.54, 1.807) is 29.2 Å². The highest BCUT2D eigenvalue weighted by molar-refractivity contribution is 6.05. The lowest BCUT2D eigenvalue weighted by molar-refractivity contribution is -0.154. The van der Waals surface area contributed by atoms with Crippen molar-refractivity contribution in [3.8, 4) is 17.2 Å². The Morgan fingerprint density at radius 2 is 1.51 bits per heavy atom. The summed E-state index contributed by atoms with van der Waals surface area (Å²) < 4.78 is 18.3. The minimum absolute atomic E-state index is 0.189. The number of piperidine rings is 1. The van der Waals surface area contributed by atoms with Gasteiger partial charge in [0, 0.05) is 43.6 Å². The van der Waals surface area contributed by atoms with E-state index in [2.05, 4.69) is 53.5 Å². The van der Waals surface area contributed by atoms with E-state index in [0.29, 0.717) is 49.5 Å². The number of carbonyl (C=O) groups is 3. The molecule has 0 bridgehead atoms. The summed E-state index contributed by atoms with van der Waals surface area (Å²) in [6, 6.07) is 31.0. The fourth-order valence-corrected chi connectivity index (χ4v) is 8.68. The third-order valence-electron chi connectivity index (χ3n) is 11.4. The molecule has 10 nitrogen and oxygen atoms in total. The van der Waals surface area contributed by atoms with Gasteiger partial charge in [0.15, 0.2) is 0 Å². The summed E-state index contributed by atoms with van der Waals surface area (Å²) in [6.07, 6.45) is 3.81. The molecule has 55 heavy (non-hydrogen) atoms. The number of imide groups is 1. The Balaban J connectivity index is 0.751. The molecule has 3 heterocycles. The van der Waals surface area contributed by atoms with Crippen molar-refractivity contribution in [2.75, 3.05) is 39.5 Å². The molecule has 4 aromatic rings. The van der Waals surface area contributed by atoms with Crippen LogP contribution >= 0.6 is 0 Å². The second-order valence-corrected chi connectivity index (χ2v) is 15.2. The Labute approximate surface area is 321 Å². The molecule has 1 aliphatic carbocycles. The lowest BCUT2D eigenvalue weighted by atomic mass is 9.62. The van der Waals surface area contributed by atoms with Crippen LogP contribution in [-0.4, -0.2) is 84.2 Å². The molecular formula is C45H47N3O7. The molecule has 4 aromatic carbocycles. The van der Waals surface area contributed by atoms with Crippen molar-refractivity contribution >= 4 is 28.9 Å². The Morgan fingerprint density at radius 1 is 0.818 bits per heavy atom. The molecule has 2 N–H and O–H groups in total. The number of phenols is 1. The molecule has 1 atom stereocenters. The Kier molecular flexibility index (Phi) is 10.4. The van der Waals surface area contributed by atoms with Crippen molar-refractivity contribution in [1.82, 2.24) is 15.1 Å². The number of fused-ring (bicyclic) bond motifs is 1. The van der Waals surface area contributed by atoms with E-state index in [-0.39, 0.29) is 30.1 Å². The standard InChI is InChI=1S/C45H47N3O7/c1-2-38(30-6-4-3-5-7-30)42(31-8-12-34(49)13-9-31)32-10-14-35(15-11-32)53-21-20-47-28-45(29-47)25-37(26-45)55-23-22-54-36-16-17-39-33(24-36)27-48(44(39)52)40-18-19-41(50)46-43(40)51/h3-17,24,37,40,49H,2,18-23,25-29H2,1H3,(H,46,50,51). The Hall–Kier alpha value is -5.45. The third-order valence-corrected chi connectivity index (χ3v) is 11.4. The molecule has 4 aliphatic rings. The summed E-state index contributed by atoms with van der Waals surface area (Å²) in [6.45, 7) is 7.05. The van der Waals surface area contributed by atoms with E-state index < -0.39 is 11.9 Å². The normalized spacial score (nSPS) is 19.7. The van der Waals surface area contributed by atoms with Crippen LogP contribution in [0.3, 0.4) is 0 Å². The molecule has 10 heteroatoms. The number of aromatic hydroxyl groups is 1. The van der Waals surface area contributed by atoms with Gasteiger partial charge in [0.25, 0.3) is 5.91 Å². The molecule has 8 rings (SSSR count). The molecule has 1 spiro atoms. The Bertz CT molecular complexity index is 2070. The predicted octanol–water partition coefficient (Wildman–Crippen LogP) is 6.46. The van der Waals surface area contributed by atoms with Crippen LogP contribution in [0.5, 0.6) is 17.2 Å². The van der Waals surface area contributed by atoms with Crippen molar-refractivity contribution in [3.05, 3.63) is 125 Å². The molecule has 3 amide bonds. The number of hydrogen-bond acceptors (Lipinski definition) is 8. The molecular weight excluding hydrogens is 695 g/mol. The number of phenolic OH excluding ortho intramolecular Hbond substituents is 1. The van der Waals surface area contributed by atoms with Gasteiger partial charge < -0.3 is 24.2 Å². The molecule has 1 saturated carbocycles. The van der Waals surface area contributed by atoms with Crippen LogP contribution in [0.1, 0.15) is 71.6 Å². The van der Waals surface area contributed by atoms with E-state index >= 15 is 0 Å². The van der Waals surface area contributed by atoms with E-state index in [0.717, 1.165) is 66.9 Å². The van der Waals surface area contributed by atoms with Gasteiger partial charge in [0.05, 0.1) is 12.7 Å². The van der Waals surface area contributed by atoms with Crippen LogP contribution < -0.4 is 14.8 Å². The molecule has 1 unspecified atom stereocenters. The second kappa shape index (κ2) is 15.7. The molecule has 0 aromatic heterocycles. The molecule has 2 saturated heterocycles. The van der Waals surface area contributed by atoms with Crippen LogP contribution in [0, 0.1) is 5.41 Å². The zero-order valence-corrected chi connectivity index (χ0v) is 31.2. The van der Waals surface area contributed by atoms with Gasteiger partial charge in [-0.1, -0.05) is 61.5 Å². The third kappa shape index (κ3) is 7.88. The zero-order chi connectivity index (χ0) is 37.9. The average molecular weight is 742 g/mol. The first-order valence-electron chi connectivity index (χ1n) is 19.3. The van der Waals surface area contributed by atoms with Gasteiger partial charge in [-0.25, -0.2) is 0 Å². The number of amides is 3. The number of likely N-dealkylation sites (tertiary alicyclic amines) is 1. The lowest BCUT2D eigenvalue weighted by Gasteiger charge is -2.58. The number of carbonyl (C=O) groups excluding carboxylic acids is 3. The SMILES string of the molecule is CCC(=C(c1ccc(O)cc1)c1ccc(OCCN2CC3(CC(OCCOc4ccc5c(c4)CN(C4CCC(=O)NC4=O)C5=O)C3)C2)cc1)c1ccccc1. The summed E-state index contributed by atoms with van der Waals surface area (Å²) in [5.74, 6) is 0.877. The van der Waals surface area contributed by atoms with Crippen molar-refractivity contribution < 1.29 is 33.7 Å². The van der Waals surface area contributed by atoms with Crippen LogP contribution in [0.2, 0.25) is 0 Å². The van der Waals surface area contributed by atoms with E-state index in [1.165, 1.54) is 11.1 Å². The highest BCUT2D eigenvalue weighted by Crippen LogP contribution is 2.49. The zero-order valence-electron chi connectivity index (χ0n) is 31.2. The maximum absolute atomic E-state index is 12.9. The van der Waals surface area contributed by atoms with Crippen LogP contribution in [0.25, 0.3) is 11.1 Å². The van der Waals surface area contributed by atoms with Gasteiger partial charge >= 0.3 is 0 Å². The highest BCUT2D eigenvalue weighted by Gasteiger charge is 2.52. The quantitative estimate of drug-likeness (QED) is 0.0860. The Morgan fingerprint density at radius 3 is 2.22 bits per heavy atom. The molecule has 284 valence electrons. The number of rotatable bonds is 14. The van der Waals surface area contributed by atoms with Crippen LogP contribution in [0.4, 0.5) is 0 Å². The minimum atomic E-state index is -0.628. The topological polar surface area (TPSA) is 118 Å². The fraction of sp³-hybridized carbons (Fsp3) is 0.356. The molecule has 3 fully saturated rings. The first-order valence-corrected chi connectivity index (χ1v) is 19.3. The summed E-state index contributed by atoms with van der Waals surface area (Å²) in [5.41, 5.74) is 7.51. The maximum Gasteiger partial charge on any atom is 0.255 e. The summed E-state index contributed by atoms with van der Waals surface area (Å²) >= 11 is 0. The summed E-state index contributed by atoms with van der Waals surface area (Å²) in [5, 5.41) is 12.3. The number of nitrogens with one attached hydrogen (secondary N) is 1. The second-order valence-electron chi connectivity index (χ2n) is 15.2. The number of hydrogen-bond donors (Lipinski definition) is 2. The van der Waals surface area contributed by atoms with Crippen LogP contribution in [-0.2, 0) is 20.9 Å². The summed E-state index contributed by atoms with van der Waals surface area (Å²) in [4.78, 5) is 40.8. The van der Waals surface area contributed by atoms with Gasteiger partial charge in [-0.15, -0.1) is 0 Å². The lowest BCUT2D eigenvalue weighted by Crippen LogP contribution is -2.64. The van der Waals surface area contributed by atoms with Gasteiger partial charge in [0.2, 0.25) is 11.8 Å². The van der Waals surface area contributed by atoms with E-state index in [9.17, 15) is 19.5 Å². The van der Waals surface area contributed by atoms with Crippen molar-refractivity contribution in [3.63, 3.8) is 0 Å². The van der Waals surface area contributed by atoms with Crippen molar-refractivity contribution in [1.29, 1.82) is 0 Å². The molecule has 0 radical (unpaired) electrons. The highest BCUT2D eigenvalue weighted by atomic mass is 16.5. The predicted molar refractivity (Wildman–Crippen MR) is 209 cm³/mol. The monoisotopic (exact) mass is 741 g/mol. The number of allylic oxidation sites excluding steroid dienone is 1. The fourth-order valence-electron chi connectivity index (χ4n) is 8.68. The summed E-state index contributed by atoms with van der Waals surface area (Å²) in [7, 11) is 0. The van der Waals surface area contributed by atoms with E-state index in [4.69, 9.17) is 14.2 Å². The van der Waals surface area contributed by atoms with Crippen molar-refractivity contribution in [2.45, 2.75) is 57.7 Å². The van der Waals surface area contributed by atoms with Crippen molar-refractivity contribution in [2.24, 2.45) is 5.41 Å². The first-order chi connectivity index (χ1) is 26.8. The number of ether oxygens (including phenoxy) is 3. The molecule has 3 aliphatic heterocycles. The minimum Gasteiger partial charge on any atom is -0.508 e. The van der Waals surface area contributed by atoms with E-state index in [1.807, 2.05) is 36.4 Å². The van der Waals surface area contributed by atoms with Gasteiger partial charge in [-0.2, -0.15) is 0 Å². The smallest absolute Gasteiger partial charge is 0.255 e. The van der Waals surface area contributed by atoms with Gasteiger partial charge in [0.1, 0.15) is 36.5 Å². The van der Waals surface area contributed by atoms with Gasteiger partial charge in [-0.05, 0) is 102 Å². The number of nitrogens with zero attached hydrogens (tertiary/aromatic N) is 2. The maximum atomic E-state index is 12.9. The number of benzene rings is 4. The first kappa shape index (κ1) is 36.5. The van der Waals surface area contributed by atoms with Gasteiger partial charge in [-0.3, -0.25) is 24.6 Å². The van der Waals surface area contributed by atoms with Crippen LogP contribution in [0.15, 0.2) is 97.1 Å².